The summed E-state index contributed by atoms with van der Waals surface area (Å²) < 4.78 is 0. The summed E-state index contributed by atoms with van der Waals surface area (Å²) in [4.78, 5) is 2.52. The normalized spacial score (nSPS) is 13.3. The van der Waals surface area contributed by atoms with Gasteiger partial charge in [0.05, 0.1) is 11.1 Å². The summed E-state index contributed by atoms with van der Waals surface area (Å²) in [6.07, 6.45) is 0. The zero-order valence-corrected chi connectivity index (χ0v) is 33.8. The fraction of sp³-hybridized carbons (Fsp3) is 0.0164. The SMILES string of the molecule is c1cc(-c2ccc3ccc4ccccc4c3c2)cc(N(c2ccc3c(c2)C2(c4ccccc4-c4ccccc42)c2ccccc2-3)c2ccc3c4c(cccc24)-c2ccccc2-3)c1. The molecule has 14 rings (SSSR count). The molecular formula is C61H37N. The molecule has 0 saturated heterocycles. The number of benzene rings is 11. The van der Waals surface area contributed by atoms with E-state index >= 15 is 0 Å². The van der Waals surface area contributed by atoms with Crippen LogP contribution in [-0.2, 0) is 5.41 Å². The Morgan fingerprint density at radius 1 is 0.274 bits per heavy atom. The molecule has 0 fully saturated rings. The van der Waals surface area contributed by atoms with Gasteiger partial charge in [-0.3, -0.25) is 0 Å². The molecule has 1 spiro atoms. The van der Waals surface area contributed by atoms with Gasteiger partial charge < -0.3 is 4.90 Å². The van der Waals surface area contributed by atoms with Crippen molar-refractivity contribution < 1.29 is 0 Å². The van der Waals surface area contributed by atoms with E-state index in [1.54, 1.807) is 0 Å². The Morgan fingerprint density at radius 3 is 1.50 bits per heavy atom. The van der Waals surface area contributed by atoms with Crippen molar-refractivity contribution in [2.75, 3.05) is 4.90 Å². The van der Waals surface area contributed by atoms with Crippen LogP contribution >= 0.6 is 0 Å². The minimum absolute atomic E-state index is 0.444. The van der Waals surface area contributed by atoms with E-state index in [-0.39, 0.29) is 0 Å². The molecule has 0 saturated carbocycles. The maximum absolute atomic E-state index is 2.52. The molecule has 0 aromatic heterocycles. The van der Waals surface area contributed by atoms with Crippen molar-refractivity contribution in [1.82, 2.24) is 0 Å². The van der Waals surface area contributed by atoms with E-state index in [2.05, 4.69) is 229 Å². The second-order valence-electron chi connectivity index (χ2n) is 17.1. The average molecular weight is 784 g/mol. The predicted octanol–water partition coefficient (Wildman–Crippen LogP) is 16.3. The summed E-state index contributed by atoms with van der Waals surface area (Å²) in [5.74, 6) is 0. The largest absolute Gasteiger partial charge is 0.310 e. The molecule has 0 aliphatic heterocycles. The summed E-state index contributed by atoms with van der Waals surface area (Å²) in [7, 11) is 0. The minimum atomic E-state index is -0.444. The Hall–Kier alpha value is -8.00. The van der Waals surface area contributed by atoms with Crippen LogP contribution in [0.15, 0.2) is 224 Å². The molecule has 11 aromatic rings. The predicted molar refractivity (Wildman–Crippen MR) is 260 cm³/mol. The van der Waals surface area contributed by atoms with Crippen molar-refractivity contribution in [3.63, 3.8) is 0 Å². The first-order valence-electron chi connectivity index (χ1n) is 21.7. The van der Waals surface area contributed by atoms with E-state index in [0.717, 1.165) is 17.1 Å². The maximum atomic E-state index is 2.52. The van der Waals surface area contributed by atoms with Gasteiger partial charge in [0.25, 0.3) is 0 Å². The van der Waals surface area contributed by atoms with Crippen LogP contribution in [0.25, 0.3) is 88.0 Å². The Bertz CT molecular complexity index is 3630. The number of hydrogen-bond acceptors (Lipinski definition) is 1. The van der Waals surface area contributed by atoms with Crippen LogP contribution in [0.4, 0.5) is 17.1 Å². The molecule has 0 N–H and O–H groups in total. The summed E-state index contributed by atoms with van der Waals surface area (Å²) in [5, 5.41) is 7.63. The first kappa shape index (κ1) is 33.8. The zero-order chi connectivity index (χ0) is 40.5. The number of hydrogen-bond donors (Lipinski definition) is 0. The summed E-state index contributed by atoms with van der Waals surface area (Å²) in [6.45, 7) is 0. The highest BCUT2D eigenvalue weighted by Crippen LogP contribution is 2.63. The molecule has 1 heteroatoms. The third kappa shape index (κ3) is 4.42. The van der Waals surface area contributed by atoms with Gasteiger partial charge in [-0.15, -0.1) is 0 Å². The van der Waals surface area contributed by atoms with Gasteiger partial charge in [-0.2, -0.15) is 0 Å². The van der Waals surface area contributed by atoms with Crippen molar-refractivity contribution in [1.29, 1.82) is 0 Å². The van der Waals surface area contributed by atoms with Gasteiger partial charge in [0, 0.05) is 16.8 Å². The summed E-state index contributed by atoms with van der Waals surface area (Å²) in [5.41, 5.74) is 21.2. The van der Waals surface area contributed by atoms with Gasteiger partial charge in [-0.1, -0.05) is 188 Å². The van der Waals surface area contributed by atoms with Gasteiger partial charge in [0.2, 0.25) is 0 Å². The van der Waals surface area contributed by atoms with Crippen LogP contribution in [0.3, 0.4) is 0 Å². The molecule has 62 heavy (non-hydrogen) atoms. The molecule has 0 heterocycles. The Morgan fingerprint density at radius 2 is 0.774 bits per heavy atom. The number of rotatable bonds is 4. The van der Waals surface area contributed by atoms with E-state index < -0.39 is 5.41 Å². The maximum Gasteiger partial charge on any atom is 0.0726 e. The van der Waals surface area contributed by atoms with Gasteiger partial charge in [0.15, 0.2) is 0 Å². The Kier molecular flexibility index (Phi) is 6.82. The standard InChI is InChI=1S/C61H37N/c1-2-16-44-38(13-1)27-28-39-29-30-41(36-54(39)44)40-14-11-15-42(35-40)62(59-34-33-52-46-18-4-3-17-45(46)51-22-12-23-53(59)60(51)52)43-31-32-50-49-21-7-10-26-57(49)61(58(50)37-43)55-24-8-5-19-47(55)48-20-6-9-25-56(48)61/h1-37H. The van der Waals surface area contributed by atoms with Gasteiger partial charge in [-0.05, 0) is 141 Å². The lowest BCUT2D eigenvalue weighted by atomic mass is 9.70. The van der Waals surface area contributed by atoms with E-state index in [1.807, 2.05) is 0 Å². The van der Waals surface area contributed by atoms with Crippen molar-refractivity contribution >= 4 is 49.4 Å². The second-order valence-corrected chi connectivity index (χ2v) is 17.1. The average Bonchev–Trinajstić information content (AvgIpc) is 3.94. The van der Waals surface area contributed by atoms with Crippen LogP contribution in [-0.4, -0.2) is 0 Å². The smallest absolute Gasteiger partial charge is 0.0726 e. The molecule has 0 unspecified atom stereocenters. The molecule has 3 aliphatic carbocycles. The number of fused-ring (bicyclic) bond motifs is 16. The fourth-order valence-electron chi connectivity index (χ4n) is 11.6. The van der Waals surface area contributed by atoms with Crippen molar-refractivity contribution in [2.24, 2.45) is 0 Å². The van der Waals surface area contributed by atoms with Crippen molar-refractivity contribution in [3.8, 4) is 55.6 Å². The Labute approximate surface area is 360 Å². The molecule has 3 aliphatic rings. The highest BCUT2D eigenvalue weighted by atomic mass is 15.1. The topological polar surface area (TPSA) is 3.24 Å². The molecule has 11 aromatic carbocycles. The van der Waals surface area contributed by atoms with Gasteiger partial charge in [0.1, 0.15) is 0 Å². The summed E-state index contributed by atoms with van der Waals surface area (Å²) >= 11 is 0. The minimum Gasteiger partial charge on any atom is -0.310 e. The zero-order valence-electron chi connectivity index (χ0n) is 33.8. The molecular weight excluding hydrogens is 747 g/mol. The van der Waals surface area contributed by atoms with Crippen LogP contribution in [0, 0.1) is 0 Å². The lowest BCUT2D eigenvalue weighted by Gasteiger charge is -2.32. The quantitative estimate of drug-likeness (QED) is 0.161. The highest BCUT2D eigenvalue weighted by molar-refractivity contribution is 6.19. The molecule has 0 radical (unpaired) electrons. The molecule has 1 nitrogen and oxygen atoms in total. The monoisotopic (exact) mass is 783 g/mol. The first-order chi connectivity index (χ1) is 30.8. The summed E-state index contributed by atoms with van der Waals surface area (Å²) in [6, 6.07) is 84.2. The lowest BCUT2D eigenvalue weighted by molar-refractivity contribution is 0.793. The van der Waals surface area contributed by atoms with Gasteiger partial charge in [-0.25, -0.2) is 0 Å². The van der Waals surface area contributed by atoms with E-state index in [0.29, 0.717) is 0 Å². The number of nitrogens with zero attached hydrogens (tertiary/aromatic N) is 1. The van der Waals surface area contributed by atoms with Gasteiger partial charge >= 0.3 is 0 Å². The Balaban J connectivity index is 1.03. The fourth-order valence-corrected chi connectivity index (χ4v) is 11.6. The molecule has 0 atom stereocenters. The van der Waals surface area contributed by atoms with Crippen LogP contribution < -0.4 is 4.90 Å². The van der Waals surface area contributed by atoms with Crippen LogP contribution in [0.5, 0.6) is 0 Å². The lowest BCUT2D eigenvalue weighted by Crippen LogP contribution is -2.26. The van der Waals surface area contributed by atoms with E-state index in [9.17, 15) is 0 Å². The third-order valence-electron chi connectivity index (χ3n) is 14.2. The van der Waals surface area contributed by atoms with E-state index in [1.165, 1.54) is 110 Å². The highest BCUT2D eigenvalue weighted by Gasteiger charge is 2.51. The molecule has 286 valence electrons. The second kappa shape index (κ2) is 12.5. The molecule has 0 amide bonds. The van der Waals surface area contributed by atoms with Crippen molar-refractivity contribution in [2.45, 2.75) is 5.41 Å². The molecule has 0 bridgehead atoms. The van der Waals surface area contributed by atoms with Crippen LogP contribution in [0.1, 0.15) is 22.3 Å². The number of anilines is 3. The van der Waals surface area contributed by atoms with Crippen molar-refractivity contribution in [3.05, 3.63) is 247 Å². The van der Waals surface area contributed by atoms with E-state index in [4.69, 9.17) is 0 Å². The van der Waals surface area contributed by atoms with Crippen LogP contribution in [0.2, 0.25) is 0 Å². The first-order valence-corrected chi connectivity index (χ1v) is 21.7. The third-order valence-corrected chi connectivity index (χ3v) is 14.2.